The van der Waals surface area contributed by atoms with Crippen molar-refractivity contribution < 1.29 is 9.15 Å². The second kappa shape index (κ2) is 12.3. The zero-order chi connectivity index (χ0) is 23.8. The molecule has 1 aromatic heterocycles. The number of rotatable bonds is 8. The van der Waals surface area contributed by atoms with Crippen molar-refractivity contribution in [3.63, 3.8) is 0 Å². The second-order valence-corrected chi connectivity index (χ2v) is 10.4. The van der Waals surface area contributed by atoms with E-state index in [0.29, 0.717) is 23.7 Å². The third-order valence-electron chi connectivity index (χ3n) is 7.74. The second-order valence-electron chi connectivity index (χ2n) is 10.4. The first-order valence-electron chi connectivity index (χ1n) is 13.6. The summed E-state index contributed by atoms with van der Waals surface area (Å²) >= 11 is 0. The first-order valence-corrected chi connectivity index (χ1v) is 13.6. The van der Waals surface area contributed by atoms with Gasteiger partial charge in [-0.25, -0.2) is 0 Å². The van der Waals surface area contributed by atoms with Gasteiger partial charge in [-0.15, -0.1) is 10.2 Å². The van der Waals surface area contributed by atoms with Crippen LogP contribution in [0.5, 0.6) is 0 Å². The minimum absolute atomic E-state index is 0.143. The minimum Gasteiger partial charge on any atom is -0.421 e. The van der Waals surface area contributed by atoms with Crippen molar-refractivity contribution in [1.82, 2.24) is 20.4 Å². The molecule has 0 amide bonds. The summed E-state index contributed by atoms with van der Waals surface area (Å²) in [6, 6.07) is 9.09. The number of benzene rings is 1. The highest BCUT2D eigenvalue weighted by molar-refractivity contribution is 5.59. The molecule has 2 aromatic rings. The monoisotopic (exact) mass is 468 g/mol. The summed E-state index contributed by atoms with van der Waals surface area (Å²) in [5.41, 5.74) is 2.58. The zero-order valence-corrected chi connectivity index (χ0v) is 21.5. The van der Waals surface area contributed by atoms with E-state index in [1.807, 2.05) is 6.92 Å². The Balaban J connectivity index is 0.000000297. The van der Waals surface area contributed by atoms with E-state index in [9.17, 15) is 0 Å². The molecule has 3 aliphatic rings. The van der Waals surface area contributed by atoms with E-state index in [1.54, 1.807) is 0 Å². The quantitative estimate of drug-likeness (QED) is 0.500. The van der Waals surface area contributed by atoms with Crippen molar-refractivity contribution in [3.8, 4) is 11.5 Å². The fourth-order valence-electron chi connectivity index (χ4n) is 5.59. The molecule has 6 heteroatoms. The molecule has 0 aliphatic carbocycles. The Morgan fingerprint density at radius 1 is 1.00 bits per heavy atom. The molecule has 3 aliphatic heterocycles. The average Bonchev–Trinajstić information content (AvgIpc) is 3.50. The van der Waals surface area contributed by atoms with Crippen LogP contribution in [0.3, 0.4) is 0 Å². The van der Waals surface area contributed by atoms with Crippen molar-refractivity contribution in [2.45, 2.75) is 96.1 Å². The van der Waals surface area contributed by atoms with Crippen LogP contribution in [0.15, 0.2) is 28.7 Å². The fourth-order valence-corrected chi connectivity index (χ4v) is 5.59. The molecule has 1 spiro atoms. The molecule has 1 aromatic carbocycles. The van der Waals surface area contributed by atoms with Gasteiger partial charge in [-0.05, 0) is 49.9 Å². The van der Waals surface area contributed by atoms with E-state index in [1.165, 1.54) is 63.4 Å². The van der Waals surface area contributed by atoms with Gasteiger partial charge in [-0.3, -0.25) is 4.90 Å². The third-order valence-corrected chi connectivity index (χ3v) is 7.74. The predicted molar refractivity (Wildman–Crippen MR) is 137 cm³/mol. The van der Waals surface area contributed by atoms with Crippen LogP contribution in [0.1, 0.15) is 89.0 Å². The van der Waals surface area contributed by atoms with Crippen LogP contribution in [-0.4, -0.2) is 59.5 Å². The SMILES string of the molecule is CCCCCCCC.Cc1nnc(-c2ccccc2C2CCN([C@@H]3COC4(CNC4)C3)CC2)o1. The summed E-state index contributed by atoms with van der Waals surface area (Å²) in [4.78, 5) is 2.64. The summed E-state index contributed by atoms with van der Waals surface area (Å²) in [6.07, 6.45) is 12.0. The lowest BCUT2D eigenvalue weighted by Gasteiger charge is -2.40. The summed E-state index contributed by atoms with van der Waals surface area (Å²) < 4.78 is 11.8. The number of aryl methyl sites for hydroxylation is 1. The van der Waals surface area contributed by atoms with Crippen LogP contribution in [-0.2, 0) is 4.74 Å². The Morgan fingerprint density at radius 3 is 2.26 bits per heavy atom. The molecule has 1 N–H and O–H groups in total. The van der Waals surface area contributed by atoms with Crippen LogP contribution >= 0.6 is 0 Å². The number of likely N-dealkylation sites (tertiary alicyclic amines) is 1. The molecular weight excluding hydrogens is 424 g/mol. The maximum absolute atomic E-state index is 6.10. The number of hydrogen-bond donors (Lipinski definition) is 1. The summed E-state index contributed by atoms with van der Waals surface area (Å²) in [5.74, 6) is 1.81. The first kappa shape index (κ1) is 25.3. The van der Waals surface area contributed by atoms with Crippen LogP contribution < -0.4 is 5.32 Å². The van der Waals surface area contributed by atoms with Gasteiger partial charge in [0.15, 0.2) is 0 Å². The Morgan fingerprint density at radius 2 is 1.71 bits per heavy atom. The van der Waals surface area contributed by atoms with Crippen LogP contribution in [0.25, 0.3) is 11.5 Å². The Bertz CT molecular complexity index is 865. The molecule has 3 fully saturated rings. The lowest BCUT2D eigenvalue weighted by Crippen LogP contribution is -2.59. The maximum atomic E-state index is 6.10. The first-order chi connectivity index (χ1) is 16.6. The highest BCUT2D eigenvalue weighted by atomic mass is 16.5. The van der Waals surface area contributed by atoms with E-state index >= 15 is 0 Å². The van der Waals surface area contributed by atoms with E-state index in [0.717, 1.165) is 38.3 Å². The Kier molecular flexibility index (Phi) is 9.15. The molecule has 0 unspecified atom stereocenters. The van der Waals surface area contributed by atoms with Crippen LogP contribution in [0.4, 0.5) is 0 Å². The molecule has 0 bridgehead atoms. The number of ether oxygens (including phenoxy) is 1. The van der Waals surface area contributed by atoms with E-state index in [2.05, 4.69) is 58.5 Å². The third kappa shape index (κ3) is 6.27. The van der Waals surface area contributed by atoms with Gasteiger partial charge >= 0.3 is 0 Å². The molecule has 0 radical (unpaired) electrons. The lowest BCUT2D eigenvalue weighted by molar-refractivity contribution is -0.0367. The molecule has 0 saturated carbocycles. The lowest BCUT2D eigenvalue weighted by atomic mass is 9.85. The van der Waals surface area contributed by atoms with Gasteiger partial charge in [0.2, 0.25) is 11.8 Å². The predicted octanol–water partition coefficient (Wildman–Crippen LogP) is 5.72. The standard InChI is InChI=1S/C20H26N4O2.C8H18/c1-14-22-23-19(26-14)18-5-3-2-4-17(18)15-6-8-24(9-7-15)16-10-20(25-11-16)12-21-13-20;1-3-5-7-8-6-4-2/h2-5,15-16,21H,6-13H2,1H3;3-8H2,1-2H3/t16-;/m0./s1. The molecule has 6 nitrogen and oxygen atoms in total. The molecular formula is C28H44N4O2. The van der Waals surface area contributed by atoms with Gasteiger partial charge in [-0.1, -0.05) is 70.6 Å². The van der Waals surface area contributed by atoms with Crippen molar-refractivity contribution in [2.75, 3.05) is 32.8 Å². The van der Waals surface area contributed by atoms with Crippen molar-refractivity contribution in [2.24, 2.45) is 0 Å². The van der Waals surface area contributed by atoms with E-state index in [4.69, 9.17) is 9.15 Å². The summed E-state index contributed by atoms with van der Waals surface area (Å²) in [6.45, 7) is 11.6. The van der Waals surface area contributed by atoms with Gasteiger partial charge in [0.1, 0.15) is 0 Å². The molecule has 1 atom stereocenters. The van der Waals surface area contributed by atoms with Crippen molar-refractivity contribution in [3.05, 3.63) is 35.7 Å². The number of nitrogens with one attached hydrogen (secondary N) is 1. The van der Waals surface area contributed by atoms with Crippen molar-refractivity contribution >= 4 is 0 Å². The topological polar surface area (TPSA) is 63.4 Å². The van der Waals surface area contributed by atoms with E-state index < -0.39 is 0 Å². The fraction of sp³-hybridized carbons (Fsp3) is 0.714. The molecule has 34 heavy (non-hydrogen) atoms. The summed E-state index contributed by atoms with van der Waals surface area (Å²) in [5, 5.41) is 11.6. The largest absolute Gasteiger partial charge is 0.421 e. The van der Waals surface area contributed by atoms with Gasteiger partial charge in [0.05, 0.1) is 12.2 Å². The Hall–Kier alpha value is -1.76. The molecule has 3 saturated heterocycles. The zero-order valence-electron chi connectivity index (χ0n) is 21.5. The smallest absolute Gasteiger partial charge is 0.248 e. The van der Waals surface area contributed by atoms with Crippen LogP contribution in [0.2, 0.25) is 0 Å². The number of hydrogen-bond acceptors (Lipinski definition) is 6. The highest BCUT2D eigenvalue weighted by Gasteiger charge is 2.47. The Labute approximate surface area is 205 Å². The number of piperidine rings is 1. The summed E-state index contributed by atoms with van der Waals surface area (Å²) in [7, 11) is 0. The van der Waals surface area contributed by atoms with Gasteiger partial charge in [0, 0.05) is 31.6 Å². The van der Waals surface area contributed by atoms with Crippen molar-refractivity contribution in [1.29, 1.82) is 0 Å². The minimum atomic E-state index is 0.143. The normalized spacial score (nSPS) is 22.4. The number of unbranched alkanes of at least 4 members (excludes halogenated alkanes) is 5. The molecule has 5 rings (SSSR count). The van der Waals surface area contributed by atoms with Gasteiger partial charge < -0.3 is 14.5 Å². The molecule has 188 valence electrons. The molecule has 4 heterocycles. The maximum Gasteiger partial charge on any atom is 0.248 e. The number of aromatic nitrogens is 2. The highest BCUT2D eigenvalue weighted by Crippen LogP contribution is 2.38. The van der Waals surface area contributed by atoms with E-state index in [-0.39, 0.29) is 5.60 Å². The van der Waals surface area contributed by atoms with Gasteiger partial charge in [0.25, 0.3) is 0 Å². The number of nitrogens with zero attached hydrogens (tertiary/aromatic N) is 3. The van der Waals surface area contributed by atoms with Crippen LogP contribution in [0, 0.1) is 6.92 Å². The van der Waals surface area contributed by atoms with Gasteiger partial charge in [-0.2, -0.15) is 0 Å². The average molecular weight is 469 g/mol.